The first-order valence-corrected chi connectivity index (χ1v) is 8.07. The van der Waals surface area contributed by atoms with Crippen LogP contribution >= 0.6 is 0 Å². The smallest absolute Gasteiger partial charge is 0.251 e. The van der Waals surface area contributed by atoms with Crippen molar-refractivity contribution in [2.45, 2.75) is 19.9 Å². The summed E-state index contributed by atoms with van der Waals surface area (Å²) in [5.41, 5.74) is 10.8. The Morgan fingerprint density at radius 2 is 2.00 bits per heavy atom. The van der Waals surface area contributed by atoms with Crippen molar-refractivity contribution in [2.75, 3.05) is 25.4 Å². The van der Waals surface area contributed by atoms with Crippen molar-refractivity contribution in [2.24, 2.45) is 0 Å². The summed E-state index contributed by atoms with van der Waals surface area (Å²) >= 11 is 0. The Balaban J connectivity index is 1.52. The van der Waals surface area contributed by atoms with Crippen LogP contribution in [0.15, 0.2) is 42.5 Å². The fraction of sp³-hybridized carbons (Fsp3) is 0.316. The maximum Gasteiger partial charge on any atom is 0.251 e. The van der Waals surface area contributed by atoms with Crippen LogP contribution in [-0.4, -0.2) is 30.4 Å². The predicted molar refractivity (Wildman–Crippen MR) is 93.3 cm³/mol. The predicted octanol–water partition coefficient (Wildman–Crippen LogP) is 2.37. The molecule has 3 N–H and O–H groups in total. The van der Waals surface area contributed by atoms with Gasteiger partial charge < -0.3 is 11.1 Å². The summed E-state index contributed by atoms with van der Waals surface area (Å²) < 4.78 is 0. The number of nitrogens with two attached hydrogens (primary N) is 1. The van der Waals surface area contributed by atoms with Crippen LogP contribution in [0.4, 0.5) is 5.69 Å². The molecule has 4 nitrogen and oxygen atoms in total. The largest absolute Gasteiger partial charge is 0.399 e. The van der Waals surface area contributed by atoms with Crippen molar-refractivity contribution in [1.82, 2.24) is 10.2 Å². The molecule has 0 saturated carbocycles. The van der Waals surface area contributed by atoms with Gasteiger partial charge in [-0.2, -0.15) is 0 Å². The van der Waals surface area contributed by atoms with Gasteiger partial charge in [-0.1, -0.05) is 30.3 Å². The topological polar surface area (TPSA) is 58.4 Å². The summed E-state index contributed by atoms with van der Waals surface area (Å²) in [6, 6.07) is 14.0. The second kappa shape index (κ2) is 6.84. The third-order valence-corrected chi connectivity index (χ3v) is 4.43. The quantitative estimate of drug-likeness (QED) is 0.853. The molecule has 4 heteroatoms. The van der Waals surface area contributed by atoms with E-state index >= 15 is 0 Å². The molecule has 23 heavy (non-hydrogen) atoms. The summed E-state index contributed by atoms with van der Waals surface area (Å²) in [7, 11) is 0. The fourth-order valence-electron chi connectivity index (χ4n) is 3.05. The first kappa shape index (κ1) is 15.6. The van der Waals surface area contributed by atoms with Crippen LogP contribution in [0.3, 0.4) is 0 Å². The fourth-order valence-corrected chi connectivity index (χ4v) is 3.05. The van der Waals surface area contributed by atoms with Gasteiger partial charge in [0.1, 0.15) is 0 Å². The van der Waals surface area contributed by atoms with Gasteiger partial charge in [0, 0.05) is 37.4 Å². The van der Waals surface area contributed by atoms with E-state index < -0.39 is 0 Å². The highest BCUT2D eigenvalue weighted by Crippen LogP contribution is 2.18. The van der Waals surface area contributed by atoms with E-state index in [2.05, 4.69) is 34.5 Å². The minimum Gasteiger partial charge on any atom is -0.399 e. The van der Waals surface area contributed by atoms with Crippen molar-refractivity contribution in [3.8, 4) is 0 Å². The Labute approximate surface area is 137 Å². The number of benzene rings is 2. The van der Waals surface area contributed by atoms with Crippen molar-refractivity contribution >= 4 is 11.6 Å². The summed E-state index contributed by atoms with van der Waals surface area (Å²) in [4.78, 5) is 14.7. The van der Waals surface area contributed by atoms with Crippen molar-refractivity contribution in [3.05, 3.63) is 64.7 Å². The number of rotatable bonds is 4. The van der Waals surface area contributed by atoms with E-state index in [4.69, 9.17) is 5.73 Å². The molecular weight excluding hydrogens is 286 g/mol. The molecule has 0 aliphatic carbocycles. The lowest BCUT2D eigenvalue weighted by atomic mass is 10.00. The van der Waals surface area contributed by atoms with E-state index in [9.17, 15) is 4.79 Å². The van der Waals surface area contributed by atoms with Gasteiger partial charge in [-0.25, -0.2) is 0 Å². The molecule has 0 fully saturated rings. The monoisotopic (exact) mass is 309 g/mol. The van der Waals surface area contributed by atoms with Gasteiger partial charge in [0.05, 0.1) is 0 Å². The highest BCUT2D eigenvalue weighted by atomic mass is 16.1. The van der Waals surface area contributed by atoms with Crippen molar-refractivity contribution < 1.29 is 4.79 Å². The Morgan fingerprint density at radius 1 is 1.22 bits per heavy atom. The minimum absolute atomic E-state index is 0.0489. The number of hydrogen-bond donors (Lipinski definition) is 2. The number of nitrogen functional groups attached to an aromatic ring is 1. The lowest BCUT2D eigenvalue weighted by molar-refractivity contribution is 0.0946. The molecule has 0 saturated heterocycles. The van der Waals surface area contributed by atoms with Crippen LogP contribution < -0.4 is 11.1 Å². The van der Waals surface area contributed by atoms with E-state index in [0.717, 1.165) is 31.6 Å². The molecule has 0 radical (unpaired) electrons. The molecule has 0 atom stereocenters. The molecule has 1 amide bonds. The lowest BCUT2D eigenvalue weighted by Crippen LogP contribution is -2.38. The van der Waals surface area contributed by atoms with Gasteiger partial charge in [-0.3, -0.25) is 9.69 Å². The van der Waals surface area contributed by atoms with E-state index in [0.29, 0.717) is 17.8 Å². The van der Waals surface area contributed by atoms with Gasteiger partial charge in [-0.05, 0) is 42.2 Å². The molecule has 0 spiro atoms. The van der Waals surface area contributed by atoms with Crippen LogP contribution in [0.25, 0.3) is 0 Å². The third kappa shape index (κ3) is 3.71. The average molecular weight is 309 g/mol. The van der Waals surface area contributed by atoms with Crippen LogP contribution in [0.5, 0.6) is 0 Å². The first-order chi connectivity index (χ1) is 11.1. The number of amides is 1. The Bertz CT molecular complexity index is 712. The van der Waals surface area contributed by atoms with Gasteiger partial charge in [-0.15, -0.1) is 0 Å². The number of anilines is 1. The highest BCUT2D eigenvalue weighted by molar-refractivity contribution is 5.96. The summed E-state index contributed by atoms with van der Waals surface area (Å²) in [6.07, 6.45) is 1.08. The van der Waals surface area contributed by atoms with Crippen LogP contribution in [0.2, 0.25) is 0 Å². The molecule has 1 aliphatic rings. The van der Waals surface area contributed by atoms with Crippen LogP contribution in [0.1, 0.15) is 27.0 Å². The summed E-state index contributed by atoms with van der Waals surface area (Å²) in [5, 5.41) is 3.00. The summed E-state index contributed by atoms with van der Waals surface area (Å²) in [5.74, 6) is -0.0489. The maximum absolute atomic E-state index is 12.3. The highest BCUT2D eigenvalue weighted by Gasteiger charge is 2.15. The molecule has 120 valence electrons. The SMILES string of the molecule is Cc1ccc(N)cc1C(=O)NCCN1CCc2ccccc2C1. The molecule has 0 unspecified atom stereocenters. The van der Waals surface area contributed by atoms with Crippen LogP contribution in [-0.2, 0) is 13.0 Å². The van der Waals surface area contributed by atoms with Gasteiger partial charge >= 0.3 is 0 Å². The summed E-state index contributed by atoms with van der Waals surface area (Å²) in [6.45, 7) is 5.44. The average Bonchev–Trinajstić information content (AvgIpc) is 2.57. The normalized spacial score (nSPS) is 14.3. The van der Waals surface area contributed by atoms with E-state index in [1.165, 1.54) is 11.1 Å². The van der Waals surface area contributed by atoms with Crippen molar-refractivity contribution in [3.63, 3.8) is 0 Å². The van der Waals surface area contributed by atoms with E-state index in [1.807, 2.05) is 19.1 Å². The molecule has 2 aromatic carbocycles. The second-order valence-electron chi connectivity index (χ2n) is 6.13. The maximum atomic E-state index is 12.3. The van der Waals surface area contributed by atoms with Crippen molar-refractivity contribution in [1.29, 1.82) is 0 Å². The number of carbonyl (C=O) groups excluding carboxylic acids is 1. The number of fused-ring (bicyclic) bond motifs is 1. The van der Waals surface area contributed by atoms with E-state index in [-0.39, 0.29) is 5.91 Å². The molecule has 0 bridgehead atoms. The Kier molecular flexibility index (Phi) is 4.63. The Morgan fingerprint density at radius 3 is 2.83 bits per heavy atom. The number of nitrogens with zero attached hydrogens (tertiary/aromatic N) is 1. The second-order valence-corrected chi connectivity index (χ2v) is 6.13. The zero-order valence-electron chi connectivity index (χ0n) is 13.5. The molecular formula is C19H23N3O. The number of hydrogen-bond acceptors (Lipinski definition) is 3. The lowest BCUT2D eigenvalue weighted by Gasteiger charge is -2.28. The minimum atomic E-state index is -0.0489. The molecule has 3 rings (SSSR count). The Hall–Kier alpha value is -2.33. The number of aryl methyl sites for hydroxylation is 1. The van der Waals surface area contributed by atoms with Crippen LogP contribution in [0, 0.1) is 6.92 Å². The van der Waals surface area contributed by atoms with Gasteiger partial charge in [0.25, 0.3) is 5.91 Å². The number of carbonyl (C=O) groups is 1. The molecule has 1 heterocycles. The van der Waals surface area contributed by atoms with Gasteiger partial charge in [0.2, 0.25) is 0 Å². The molecule has 2 aromatic rings. The first-order valence-electron chi connectivity index (χ1n) is 8.07. The van der Waals surface area contributed by atoms with Gasteiger partial charge in [0.15, 0.2) is 0 Å². The van der Waals surface area contributed by atoms with E-state index in [1.54, 1.807) is 6.07 Å². The standard InChI is InChI=1S/C19H23N3O/c1-14-6-7-17(20)12-18(14)19(23)21-9-11-22-10-8-15-4-2-3-5-16(15)13-22/h2-7,12H,8-11,13,20H2,1H3,(H,21,23). The zero-order chi connectivity index (χ0) is 16.2. The molecule has 1 aliphatic heterocycles. The number of nitrogens with one attached hydrogen (secondary N) is 1. The zero-order valence-corrected chi connectivity index (χ0v) is 13.5. The molecule has 0 aromatic heterocycles. The third-order valence-electron chi connectivity index (χ3n) is 4.43.